The Balaban J connectivity index is 1.61. The first-order chi connectivity index (χ1) is 11.5. The fourth-order valence-corrected chi connectivity index (χ4v) is 2.86. The number of Topliss-reactive ketones (excluding diaryl/α,β-unsaturated/α-hetero) is 1. The highest BCUT2D eigenvalue weighted by atomic mass is 35.5. The molecule has 9 heteroatoms. The van der Waals surface area contributed by atoms with Gasteiger partial charge in [0.05, 0.1) is 22.8 Å². The second-order valence-electron chi connectivity index (χ2n) is 4.95. The second-order valence-corrected chi connectivity index (χ2v) is 6.35. The number of aromatic amines is 1. The van der Waals surface area contributed by atoms with E-state index in [0.717, 1.165) is 0 Å². The van der Waals surface area contributed by atoms with E-state index >= 15 is 0 Å². The number of nitrogens with one attached hydrogen (secondary N) is 2. The maximum Gasteiger partial charge on any atom is 0.217 e. The molecule has 1 amide bonds. The van der Waals surface area contributed by atoms with Crippen LogP contribution in [0.2, 0.25) is 5.02 Å². The van der Waals surface area contributed by atoms with Gasteiger partial charge in [0.25, 0.3) is 0 Å². The average molecular weight is 365 g/mol. The number of carbonyl (C=O) groups excluding carboxylic acids is 2. The molecular formula is C15H13ClN4O3S. The first-order valence-corrected chi connectivity index (χ1v) is 8.38. The van der Waals surface area contributed by atoms with Crippen molar-refractivity contribution in [1.29, 1.82) is 0 Å². The number of ketones is 1. The van der Waals surface area contributed by atoms with Crippen molar-refractivity contribution in [3.05, 3.63) is 40.9 Å². The minimum absolute atomic E-state index is 0.159. The molecule has 3 heterocycles. The van der Waals surface area contributed by atoms with E-state index in [-0.39, 0.29) is 29.7 Å². The molecule has 0 aliphatic heterocycles. The molecule has 7 nitrogen and oxygen atoms in total. The molecule has 0 unspecified atom stereocenters. The van der Waals surface area contributed by atoms with Crippen LogP contribution in [0, 0.1) is 0 Å². The van der Waals surface area contributed by atoms with Crippen molar-refractivity contribution >= 4 is 46.2 Å². The minimum Gasteiger partial charge on any atom is -0.456 e. The molecule has 0 spiro atoms. The van der Waals surface area contributed by atoms with Crippen LogP contribution in [-0.2, 0) is 11.3 Å². The Hall–Kier alpha value is -2.32. The van der Waals surface area contributed by atoms with Crippen LogP contribution < -0.4 is 5.32 Å². The van der Waals surface area contributed by atoms with Crippen LogP contribution in [0.4, 0.5) is 0 Å². The molecule has 0 aliphatic carbocycles. The predicted octanol–water partition coefficient (Wildman–Crippen LogP) is 2.82. The van der Waals surface area contributed by atoms with Gasteiger partial charge in [0.1, 0.15) is 5.76 Å². The van der Waals surface area contributed by atoms with Crippen molar-refractivity contribution in [3.8, 4) is 0 Å². The first kappa shape index (κ1) is 16.5. The maximum atomic E-state index is 12.2. The van der Waals surface area contributed by atoms with Gasteiger partial charge in [0, 0.05) is 13.1 Å². The molecule has 0 fully saturated rings. The summed E-state index contributed by atoms with van der Waals surface area (Å²) in [4.78, 5) is 34.5. The van der Waals surface area contributed by atoms with E-state index in [2.05, 4.69) is 20.3 Å². The largest absolute Gasteiger partial charge is 0.456 e. The van der Waals surface area contributed by atoms with Crippen LogP contribution in [0.5, 0.6) is 0 Å². The van der Waals surface area contributed by atoms with Gasteiger partial charge in [-0.15, -0.1) is 0 Å². The number of furan rings is 1. The van der Waals surface area contributed by atoms with Gasteiger partial charge in [-0.3, -0.25) is 9.59 Å². The number of halogens is 1. The highest BCUT2D eigenvalue weighted by molar-refractivity contribution is 7.99. The summed E-state index contributed by atoms with van der Waals surface area (Å²) >= 11 is 7.13. The van der Waals surface area contributed by atoms with E-state index in [1.165, 1.54) is 24.9 Å². The van der Waals surface area contributed by atoms with Crippen LogP contribution in [0.25, 0.3) is 11.2 Å². The molecular weight excluding hydrogens is 352 g/mol. The molecule has 0 radical (unpaired) electrons. The number of amides is 1. The van der Waals surface area contributed by atoms with Crippen molar-refractivity contribution in [3.63, 3.8) is 0 Å². The summed E-state index contributed by atoms with van der Waals surface area (Å²) in [5, 5.41) is 3.71. The van der Waals surface area contributed by atoms with Crippen LogP contribution in [0.3, 0.4) is 0 Å². The van der Waals surface area contributed by atoms with E-state index in [4.69, 9.17) is 16.0 Å². The fraction of sp³-hybridized carbons (Fsp3) is 0.200. The number of pyridine rings is 1. The smallest absolute Gasteiger partial charge is 0.217 e. The quantitative estimate of drug-likeness (QED) is 0.515. The first-order valence-electron chi connectivity index (χ1n) is 7.01. The number of nitrogens with zero attached hydrogens (tertiary/aromatic N) is 2. The zero-order chi connectivity index (χ0) is 17.1. The van der Waals surface area contributed by atoms with E-state index in [1.807, 2.05) is 0 Å². The van der Waals surface area contributed by atoms with Gasteiger partial charge in [0.2, 0.25) is 11.7 Å². The number of hydrogen-bond acceptors (Lipinski definition) is 6. The van der Waals surface area contributed by atoms with Crippen molar-refractivity contribution in [2.24, 2.45) is 0 Å². The summed E-state index contributed by atoms with van der Waals surface area (Å²) in [6, 6.07) is 4.99. The summed E-state index contributed by atoms with van der Waals surface area (Å²) in [5.41, 5.74) is 1.26. The number of aromatic nitrogens is 3. The number of rotatable bonds is 6. The zero-order valence-corrected chi connectivity index (χ0v) is 14.2. The molecule has 124 valence electrons. The number of imidazole rings is 1. The van der Waals surface area contributed by atoms with Crippen LogP contribution in [0.1, 0.15) is 23.2 Å². The number of fused-ring (bicyclic) bond motifs is 1. The molecule has 3 aromatic heterocycles. The van der Waals surface area contributed by atoms with Gasteiger partial charge < -0.3 is 14.7 Å². The zero-order valence-electron chi connectivity index (χ0n) is 12.6. The normalized spacial score (nSPS) is 10.9. The summed E-state index contributed by atoms with van der Waals surface area (Å²) in [7, 11) is 0. The number of hydrogen-bond donors (Lipinski definition) is 2. The summed E-state index contributed by atoms with van der Waals surface area (Å²) in [6.45, 7) is 1.67. The Labute approximate surface area is 146 Å². The summed E-state index contributed by atoms with van der Waals surface area (Å²) in [5.74, 6) is 0.621. The summed E-state index contributed by atoms with van der Waals surface area (Å²) < 4.78 is 5.42. The lowest BCUT2D eigenvalue weighted by Crippen LogP contribution is -2.18. The third-order valence-electron chi connectivity index (χ3n) is 3.07. The van der Waals surface area contributed by atoms with Crippen molar-refractivity contribution < 1.29 is 14.0 Å². The maximum absolute atomic E-state index is 12.2. The Kier molecular flexibility index (Phi) is 4.86. The molecule has 3 rings (SSSR count). The van der Waals surface area contributed by atoms with Gasteiger partial charge in [-0.1, -0.05) is 23.4 Å². The lowest BCUT2D eigenvalue weighted by atomic mass is 10.3. The highest BCUT2D eigenvalue weighted by Gasteiger charge is 2.14. The SMILES string of the molecule is CC(=O)NCc1ccc(C(=O)CSc2nc3ncc(Cl)cc3[nH]2)o1. The van der Waals surface area contributed by atoms with Crippen LogP contribution in [0.15, 0.2) is 34.0 Å². The molecule has 2 N–H and O–H groups in total. The molecule has 0 saturated heterocycles. The molecule has 24 heavy (non-hydrogen) atoms. The predicted molar refractivity (Wildman–Crippen MR) is 90.2 cm³/mol. The Morgan fingerprint density at radius 2 is 2.25 bits per heavy atom. The van der Waals surface area contributed by atoms with E-state index in [9.17, 15) is 9.59 Å². The van der Waals surface area contributed by atoms with Gasteiger partial charge >= 0.3 is 0 Å². The van der Waals surface area contributed by atoms with Gasteiger partial charge in [-0.2, -0.15) is 0 Å². The molecule has 0 aliphatic rings. The lowest BCUT2D eigenvalue weighted by Gasteiger charge is -1.98. The van der Waals surface area contributed by atoms with Crippen molar-refractivity contribution in [2.45, 2.75) is 18.6 Å². The number of thioether (sulfide) groups is 1. The van der Waals surface area contributed by atoms with Gasteiger partial charge in [-0.25, -0.2) is 9.97 Å². The lowest BCUT2D eigenvalue weighted by molar-refractivity contribution is -0.119. The Bertz CT molecular complexity index is 905. The van der Waals surface area contributed by atoms with Gasteiger partial charge in [0.15, 0.2) is 16.6 Å². The monoisotopic (exact) mass is 364 g/mol. The van der Waals surface area contributed by atoms with Gasteiger partial charge in [-0.05, 0) is 18.2 Å². The van der Waals surface area contributed by atoms with E-state index in [0.29, 0.717) is 27.1 Å². The van der Waals surface area contributed by atoms with Crippen molar-refractivity contribution in [1.82, 2.24) is 20.3 Å². The third kappa shape index (κ3) is 3.95. The van der Waals surface area contributed by atoms with E-state index in [1.54, 1.807) is 18.2 Å². The summed E-state index contributed by atoms with van der Waals surface area (Å²) in [6.07, 6.45) is 1.52. The molecule has 0 aromatic carbocycles. The van der Waals surface area contributed by atoms with Crippen LogP contribution in [-0.4, -0.2) is 32.4 Å². The standard InChI is InChI=1S/C15H13ClN4O3S/c1-8(21)17-6-10-2-3-13(23-10)12(22)7-24-15-19-11-4-9(16)5-18-14(11)20-15/h2-5H,6-7H2,1H3,(H,17,21)(H,18,19,20). The number of carbonyl (C=O) groups is 2. The fourth-order valence-electron chi connectivity index (χ4n) is 1.96. The van der Waals surface area contributed by atoms with E-state index < -0.39 is 0 Å². The highest BCUT2D eigenvalue weighted by Crippen LogP contribution is 2.21. The molecule has 0 saturated carbocycles. The Morgan fingerprint density at radius 3 is 3.04 bits per heavy atom. The molecule has 0 bridgehead atoms. The average Bonchev–Trinajstić information content (AvgIpc) is 3.16. The molecule has 0 atom stereocenters. The minimum atomic E-state index is -0.166. The topological polar surface area (TPSA) is 101 Å². The van der Waals surface area contributed by atoms with Crippen molar-refractivity contribution in [2.75, 3.05) is 5.75 Å². The molecule has 3 aromatic rings. The second kappa shape index (κ2) is 7.06. The Morgan fingerprint density at radius 1 is 1.42 bits per heavy atom. The third-order valence-corrected chi connectivity index (χ3v) is 4.15. The van der Waals surface area contributed by atoms with Crippen LogP contribution >= 0.6 is 23.4 Å². The number of H-pyrrole nitrogens is 1.